The van der Waals surface area contributed by atoms with Crippen molar-refractivity contribution in [1.82, 2.24) is 5.06 Å². The van der Waals surface area contributed by atoms with Gasteiger partial charge in [0.2, 0.25) is 5.91 Å². The van der Waals surface area contributed by atoms with E-state index in [2.05, 4.69) is 0 Å². The highest BCUT2D eigenvalue weighted by Crippen LogP contribution is 2.66. The molecule has 2 atom stereocenters. The number of hydrogen-bond acceptors (Lipinski definition) is 5. The van der Waals surface area contributed by atoms with Crippen molar-refractivity contribution < 1.29 is 23.2 Å². The van der Waals surface area contributed by atoms with Crippen LogP contribution in [0.5, 0.6) is 0 Å². The number of hydrogen-bond donors (Lipinski definition) is 0. The van der Waals surface area contributed by atoms with Crippen molar-refractivity contribution in [3.05, 3.63) is 108 Å². The Kier molecular flexibility index (Phi) is 8.30. The van der Waals surface area contributed by atoms with E-state index in [4.69, 9.17) is 13.9 Å². The highest BCUT2D eigenvalue weighted by atomic mass is 31.2. The molecule has 3 aromatic carbocycles. The van der Waals surface area contributed by atoms with E-state index in [0.29, 0.717) is 19.6 Å². The molecule has 1 aliphatic rings. The summed E-state index contributed by atoms with van der Waals surface area (Å²) >= 11 is 0. The summed E-state index contributed by atoms with van der Waals surface area (Å²) in [7, 11) is -3.42. The van der Waals surface area contributed by atoms with E-state index < -0.39 is 7.60 Å². The molecule has 0 N–H and O–H groups in total. The standard InChI is InChI=1S/C27H30NO5P/c1-22(29)28(31-19-23-11-5-2-6-12-23)18-26-17-27(26)34(30,32-20-24-13-7-3-8-14-24)33-21-25-15-9-4-10-16-25/h2-16,26-27H,17-21H2,1H3/t26-,27+/m0/s1. The van der Waals surface area contributed by atoms with Gasteiger partial charge in [0.1, 0.15) is 6.61 Å². The van der Waals surface area contributed by atoms with Gasteiger partial charge < -0.3 is 9.05 Å². The largest absolute Gasteiger partial charge is 0.334 e. The molecular formula is C27H30NO5P. The van der Waals surface area contributed by atoms with Crippen LogP contribution in [0.25, 0.3) is 0 Å². The van der Waals surface area contributed by atoms with Crippen LogP contribution in [0, 0.1) is 5.92 Å². The lowest BCUT2D eigenvalue weighted by molar-refractivity contribution is -0.190. The third-order valence-corrected chi connectivity index (χ3v) is 8.20. The van der Waals surface area contributed by atoms with Gasteiger partial charge in [-0.1, -0.05) is 91.0 Å². The maximum Gasteiger partial charge on any atom is 0.334 e. The molecule has 0 spiro atoms. The molecule has 1 saturated carbocycles. The summed E-state index contributed by atoms with van der Waals surface area (Å²) in [5.41, 5.74) is 2.56. The lowest BCUT2D eigenvalue weighted by Gasteiger charge is -2.22. The fourth-order valence-corrected chi connectivity index (χ4v) is 5.99. The Labute approximate surface area is 201 Å². The topological polar surface area (TPSA) is 65.1 Å². The first-order valence-electron chi connectivity index (χ1n) is 11.4. The van der Waals surface area contributed by atoms with Gasteiger partial charge in [-0.15, -0.1) is 0 Å². The smallest absolute Gasteiger partial charge is 0.304 e. The van der Waals surface area contributed by atoms with Crippen LogP contribution >= 0.6 is 7.60 Å². The van der Waals surface area contributed by atoms with Crippen molar-refractivity contribution in [3.63, 3.8) is 0 Å². The minimum Gasteiger partial charge on any atom is -0.304 e. The second-order valence-electron chi connectivity index (χ2n) is 8.46. The molecule has 7 heteroatoms. The molecule has 1 fully saturated rings. The van der Waals surface area contributed by atoms with Crippen LogP contribution in [-0.2, 0) is 43.1 Å². The monoisotopic (exact) mass is 479 g/mol. The van der Waals surface area contributed by atoms with Gasteiger partial charge in [0.05, 0.1) is 25.4 Å². The van der Waals surface area contributed by atoms with Crippen molar-refractivity contribution in [2.45, 2.75) is 38.8 Å². The first kappa shape index (κ1) is 24.4. The summed E-state index contributed by atoms with van der Waals surface area (Å²) in [4.78, 5) is 17.9. The second kappa shape index (κ2) is 11.6. The molecule has 0 bridgehead atoms. The average molecular weight is 480 g/mol. The minimum absolute atomic E-state index is 0.0166. The zero-order valence-electron chi connectivity index (χ0n) is 19.3. The lowest BCUT2D eigenvalue weighted by atomic mass is 10.2. The van der Waals surface area contributed by atoms with Crippen LogP contribution in [-0.4, -0.2) is 23.2 Å². The normalized spacial score (nSPS) is 17.3. The van der Waals surface area contributed by atoms with E-state index in [1.54, 1.807) is 0 Å². The van der Waals surface area contributed by atoms with Gasteiger partial charge in [-0.3, -0.25) is 14.2 Å². The van der Waals surface area contributed by atoms with Crippen LogP contribution in [0.2, 0.25) is 0 Å². The summed E-state index contributed by atoms with van der Waals surface area (Å²) in [5, 5.41) is 1.36. The molecule has 4 rings (SSSR count). The van der Waals surface area contributed by atoms with Crippen LogP contribution < -0.4 is 0 Å². The zero-order chi connectivity index (χ0) is 23.8. The number of carbonyl (C=O) groups is 1. The molecule has 6 nitrogen and oxygen atoms in total. The summed E-state index contributed by atoms with van der Waals surface area (Å²) < 4.78 is 25.8. The molecule has 3 aromatic rings. The predicted octanol–water partition coefficient (Wildman–Crippen LogP) is 5.98. The number of amides is 1. The van der Waals surface area contributed by atoms with Crippen LogP contribution in [0.3, 0.4) is 0 Å². The fourth-order valence-electron chi connectivity index (χ4n) is 3.73. The number of carbonyl (C=O) groups excluding carboxylic acids is 1. The van der Waals surface area contributed by atoms with Gasteiger partial charge in [-0.2, -0.15) is 0 Å². The van der Waals surface area contributed by atoms with Crippen molar-refractivity contribution in [2.24, 2.45) is 5.92 Å². The van der Waals surface area contributed by atoms with Gasteiger partial charge in [-0.25, -0.2) is 5.06 Å². The van der Waals surface area contributed by atoms with Gasteiger partial charge in [0.15, 0.2) is 0 Å². The SMILES string of the molecule is CC(=O)N(C[C@@H]1C[C@H]1P(=O)(OCc1ccccc1)OCc1ccccc1)OCc1ccccc1. The van der Waals surface area contributed by atoms with E-state index >= 15 is 0 Å². The van der Waals surface area contributed by atoms with Gasteiger partial charge in [-0.05, 0) is 29.0 Å². The predicted molar refractivity (Wildman–Crippen MR) is 131 cm³/mol. The molecule has 0 aromatic heterocycles. The minimum atomic E-state index is -3.42. The second-order valence-corrected chi connectivity index (χ2v) is 10.7. The third-order valence-electron chi connectivity index (χ3n) is 5.78. The first-order valence-corrected chi connectivity index (χ1v) is 13.1. The molecular weight excluding hydrogens is 449 g/mol. The highest BCUT2D eigenvalue weighted by Gasteiger charge is 2.53. The summed E-state index contributed by atoms with van der Waals surface area (Å²) in [5.74, 6) is -0.205. The van der Waals surface area contributed by atoms with E-state index in [0.717, 1.165) is 16.7 Å². The number of nitrogens with zero attached hydrogens (tertiary/aromatic N) is 1. The van der Waals surface area contributed by atoms with E-state index in [1.165, 1.54) is 12.0 Å². The number of rotatable bonds is 12. The third kappa shape index (κ3) is 6.87. The lowest BCUT2D eigenvalue weighted by Crippen LogP contribution is -2.31. The van der Waals surface area contributed by atoms with Crippen molar-refractivity contribution >= 4 is 13.5 Å². The van der Waals surface area contributed by atoms with E-state index in [9.17, 15) is 9.36 Å². The van der Waals surface area contributed by atoms with Crippen LogP contribution in [0.15, 0.2) is 91.0 Å². The Hall–Kier alpha value is -2.76. The molecule has 1 amide bonds. The molecule has 1 aliphatic carbocycles. The summed E-state index contributed by atoms with van der Waals surface area (Å²) in [6.07, 6.45) is 0.652. The Bertz CT molecular complexity index is 1050. The number of benzene rings is 3. The van der Waals surface area contributed by atoms with Gasteiger partial charge in [0.25, 0.3) is 0 Å². The summed E-state index contributed by atoms with van der Waals surface area (Å²) in [6.45, 7) is 2.53. The Morgan fingerprint density at radius 2 is 1.24 bits per heavy atom. The summed E-state index contributed by atoms with van der Waals surface area (Å²) in [6, 6.07) is 28.9. The average Bonchev–Trinajstić information content (AvgIpc) is 3.66. The van der Waals surface area contributed by atoms with Gasteiger partial charge >= 0.3 is 7.60 Å². The first-order chi connectivity index (χ1) is 16.5. The molecule has 0 aliphatic heterocycles. The molecule has 0 heterocycles. The molecule has 34 heavy (non-hydrogen) atoms. The van der Waals surface area contributed by atoms with Crippen molar-refractivity contribution in [1.29, 1.82) is 0 Å². The molecule has 0 saturated heterocycles. The number of hydroxylamine groups is 2. The fraction of sp³-hybridized carbons (Fsp3) is 0.296. The van der Waals surface area contributed by atoms with Gasteiger partial charge in [0, 0.05) is 6.92 Å². The van der Waals surface area contributed by atoms with Crippen molar-refractivity contribution in [2.75, 3.05) is 6.54 Å². The molecule has 0 radical (unpaired) electrons. The molecule has 178 valence electrons. The van der Waals surface area contributed by atoms with Crippen molar-refractivity contribution in [3.8, 4) is 0 Å². The van der Waals surface area contributed by atoms with E-state index in [1.807, 2.05) is 91.0 Å². The molecule has 0 unspecified atom stereocenters. The Morgan fingerprint density at radius 3 is 1.68 bits per heavy atom. The Balaban J connectivity index is 1.39. The quantitative estimate of drug-likeness (QED) is 0.236. The zero-order valence-corrected chi connectivity index (χ0v) is 20.2. The maximum absolute atomic E-state index is 13.9. The Morgan fingerprint density at radius 1 is 0.794 bits per heavy atom. The van der Waals surface area contributed by atoms with E-state index in [-0.39, 0.29) is 30.7 Å². The van der Waals surface area contributed by atoms with Crippen LogP contribution in [0.1, 0.15) is 30.0 Å². The van der Waals surface area contributed by atoms with Crippen LogP contribution in [0.4, 0.5) is 0 Å². The highest BCUT2D eigenvalue weighted by molar-refractivity contribution is 7.55. The maximum atomic E-state index is 13.9.